The number of hydrogen-bond acceptors (Lipinski definition) is 4. The van der Waals surface area contributed by atoms with E-state index in [0.717, 1.165) is 19.3 Å². The summed E-state index contributed by atoms with van der Waals surface area (Å²) in [6.45, 7) is 2.11. The van der Waals surface area contributed by atoms with Gasteiger partial charge in [-0.3, -0.25) is 9.59 Å². The van der Waals surface area contributed by atoms with Gasteiger partial charge in [0.05, 0.1) is 12.2 Å². The zero-order chi connectivity index (χ0) is 18.7. The number of carbonyl (C=O) groups excluding carboxylic acids is 1. The summed E-state index contributed by atoms with van der Waals surface area (Å²) in [7, 11) is 0. The topological polar surface area (TPSA) is 94.8 Å². The van der Waals surface area contributed by atoms with Crippen LogP contribution in [0.3, 0.4) is 0 Å². The smallest absolute Gasteiger partial charge is 0.303 e. The van der Waals surface area contributed by atoms with E-state index in [1.165, 1.54) is 0 Å². The zero-order valence-electron chi connectivity index (χ0n) is 15.1. The molecule has 5 nitrogen and oxygen atoms in total. The third kappa shape index (κ3) is 8.45. The molecule has 142 valence electrons. The van der Waals surface area contributed by atoms with Gasteiger partial charge in [0.15, 0.2) is 0 Å². The van der Waals surface area contributed by atoms with Gasteiger partial charge in [-0.25, -0.2) is 0 Å². The number of carboxylic acids is 1. The number of aliphatic hydroxyl groups excluding tert-OH is 2. The first-order valence-electron chi connectivity index (χ1n) is 9.39. The Morgan fingerprint density at radius 3 is 2.72 bits per heavy atom. The standard InChI is InChI=1S/C20H32O5/c1-2-3-6-9-15(21)12-13-17-16(18(22)14-19(17)23)10-7-4-5-8-11-20(24)25/h4,7,12-13,15-18,21-22H,2-3,5-6,8-11,14H2,1H3,(H,24,25)/b7-4-,13-12+/t15?,16-,17-,18?/m1/s1. The minimum atomic E-state index is -0.798. The van der Waals surface area contributed by atoms with Crippen LogP contribution in [-0.2, 0) is 9.59 Å². The van der Waals surface area contributed by atoms with Gasteiger partial charge >= 0.3 is 5.97 Å². The predicted molar refractivity (Wildman–Crippen MR) is 97.1 cm³/mol. The minimum absolute atomic E-state index is 0.0220. The second kappa shape index (κ2) is 12.0. The fourth-order valence-electron chi connectivity index (χ4n) is 3.22. The van der Waals surface area contributed by atoms with E-state index in [-0.39, 0.29) is 30.5 Å². The molecule has 0 amide bonds. The van der Waals surface area contributed by atoms with Gasteiger partial charge < -0.3 is 15.3 Å². The van der Waals surface area contributed by atoms with E-state index in [9.17, 15) is 19.8 Å². The van der Waals surface area contributed by atoms with Gasteiger partial charge in [-0.15, -0.1) is 0 Å². The number of Topliss-reactive ketones (excluding diaryl/α,β-unsaturated/α-hetero) is 1. The maximum Gasteiger partial charge on any atom is 0.303 e. The van der Waals surface area contributed by atoms with E-state index in [0.29, 0.717) is 25.7 Å². The van der Waals surface area contributed by atoms with Crippen molar-refractivity contribution in [2.45, 2.75) is 76.9 Å². The lowest BCUT2D eigenvalue weighted by molar-refractivity contribution is -0.137. The van der Waals surface area contributed by atoms with Crippen LogP contribution in [0.1, 0.15) is 64.7 Å². The molecular formula is C20H32O5. The average Bonchev–Trinajstić information content (AvgIpc) is 2.82. The van der Waals surface area contributed by atoms with Gasteiger partial charge in [0.2, 0.25) is 0 Å². The number of allylic oxidation sites excluding steroid dienone is 3. The minimum Gasteiger partial charge on any atom is -0.481 e. The van der Waals surface area contributed by atoms with Crippen LogP contribution in [0.15, 0.2) is 24.3 Å². The predicted octanol–water partition coefficient (Wildman–Crippen LogP) is 3.25. The van der Waals surface area contributed by atoms with Crippen LogP contribution in [0.4, 0.5) is 0 Å². The quantitative estimate of drug-likeness (QED) is 0.370. The number of hydrogen-bond donors (Lipinski definition) is 3. The third-order valence-corrected chi connectivity index (χ3v) is 4.72. The highest BCUT2D eigenvalue weighted by atomic mass is 16.4. The van der Waals surface area contributed by atoms with E-state index in [4.69, 9.17) is 5.11 Å². The molecule has 0 aliphatic heterocycles. The van der Waals surface area contributed by atoms with Crippen LogP contribution in [0.25, 0.3) is 0 Å². The van der Waals surface area contributed by atoms with Crippen molar-refractivity contribution in [3.05, 3.63) is 24.3 Å². The summed E-state index contributed by atoms with van der Waals surface area (Å²) in [5.41, 5.74) is 0. The molecule has 4 atom stereocenters. The highest BCUT2D eigenvalue weighted by Crippen LogP contribution is 2.33. The molecule has 1 aliphatic carbocycles. The molecule has 1 fully saturated rings. The summed E-state index contributed by atoms with van der Waals surface area (Å²) in [5.74, 6) is -1.29. The van der Waals surface area contributed by atoms with E-state index < -0.39 is 18.2 Å². The third-order valence-electron chi connectivity index (χ3n) is 4.72. The Labute approximate surface area is 150 Å². The summed E-state index contributed by atoms with van der Waals surface area (Å²) < 4.78 is 0. The maximum absolute atomic E-state index is 12.1. The van der Waals surface area contributed by atoms with Crippen LogP contribution >= 0.6 is 0 Å². The molecule has 0 aromatic carbocycles. The van der Waals surface area contributed by atoms with Crippen LogP contribution in [0.2, 0.25) is 0 Å². The van der Waals surface area contributed by atoms with Gasteiger partial charge in [0.1, 0.15) is 5.78 Å². The normalized spacial score (nSPS) is 25.2. The Kier molecular flexibility index (Phi) is 10.3. The molecule has 0 radical (unpaired) electrons. The van der Waals surface area contributed by atoms with Crippen molar-refractivity contribution in [1.29, 1.82) is 0 Å². The lowest BCUT2D eigenvalue weighted by Gasteiger charge is -2.17. The molecule has 25 heavy (non-hydrogen) atoms. The van der Waals surface area contributed by atoms with Crippen molar-refractivity contribution in [2.75, 3.05) is 0 Å². The van der Waals surface area contributed by atoms with Gasteiger partial charge in [-0.1, -0.05) is 50.5 Å². The van der Waals surface area contributed by atoms with Crippen molar-refractivity contribution < 1.29 is 24.9 Å². The van der Waals surface area contributed by atoms with Gasteiger partial charge in [0, 0.05) is 24.7 Å². The first-order valence-corrected chi connectivity index (χ1v) is 9.39. The van der Waals surface area contributed by atoms with Crippen molar-refractivity contribution in [2.24, 2.45) is 11.8 Å². The fourth-order valence-corrected chi connectivity index (χ4v) is 3.22. The number of carbonyl (C=O) groups is 2. The van der Waals surface area contributed by atoms with Crippen LogP contribution in [0.5, 0.6) is 0 Å². The summed E-state index contributed by atoms with van der Waals surface area (Å²) >= 11 is 0. The maximum atomic E-state index is 12.1. The summed E-state index contributed by atoms with van der Waals surface area (Å²) in [6.07, 6.45) is 12.1. The molecule has 1 rings (SSSR count). The van der Waals surface area contributed by atoms with E-state index in [2.05, 4.69) is 6.92 Å². The first kappa shape index (κ1) is 21.6. The summed E-state index contributed by atoms with van der Waals surface area (Å²) in [5, 5.41) is 28.7. The van der Waals surface area contributed by atoms with Gasteiger partial charge in [0.25, 0.3) is 0 Å². The number of unbranched alkanes of at least 4 members (excludes halogenated alkanes) is 3. The highest BCUT2D eigenvalue weighted by molar-refractivity contribution is 5.86. The molecule has 0 bridgehead atoms. The van der Waals surface area contributed by atoms with Crippen LogP contribution < -0.4 is 0 Å². The fraction of sp³-hybridized carbons (Fsp3) is 0.700. The molecule has 0 spiro atoms. The zero-order valence-corrected chi connectivity index (χ0v) is 15.1. The van der Waals surface area contributed by atoms with Crippen LogP contribution in [0, 0.1) is 11.8 Å². The number of carboxylic acid groups (broad SMARTS) is 1. The Morgan fingerprint density at radius 2 is 2.04 bits per heavy atom. The largest absolute Gasteiger partial charge is 0.481 e. The SMILES string of the molecule is CCCCCC(O)/C=C/[C@H]1C(=O)CC(O)[C@@H]1C/C=C\CCCC(=O)O. The molecule has 0 saturated heterocycles. The average molecular weight is 352 g/mol. The number of ketones is 1. The molecule has 1 aliphatic rings. The second-order valence-corrected chi connectivity index (χ2v) is 6.87. The van der Waals surface area contributed by atoms with Crippen molar-refractivity contribution in [1.82, 2.24) is 0 Å². The Bertz CT molecular complexity index is 469. The Morgan fingerprint density at radius 1 is 1.28 bits per heavy atom. The van der Waals surface area contributed by atoms with Crippen molar-refractivity contribution >= 4 is 11.8 Å². The van der Waals surface area contributed by atoms with E-state index >= 15 is 0 Å². The van der Waals surface area contributed by atoms with E-state index in [1.807, 2.05) is 12.2 Å². The highest BCUT2D eigenvalue weighted by Gasteiger charge is 2.39. The summed E-state index contributed by atoms with van der Waals surface area (Å²) in [6, 6.07) is 0. The molecule has 5 heteroatoms. The molecule has 0 aromatic rings. The monoisotopic (exact) mass is 352 g/mol. The number of aliphatic carboxylic acids is 1. The summed E-state index contributed by atoms with van der Waals surface area (Å²) in [4.78, 5) is 22.5. The van der Waals surface area contributed by atoms with Gasteiger partial charge in [-0.05, 0) is 25.7 Å². The van der Waals surface area contributed by atoms with Crippen molar-refractivity contribution in [3.63, 3.8) is 0 Å². The Hall–Kier alpha value is -1.46. The molecule has 0 heterocycles. The van der Waals surface area contributed by atoms with Crippen molar-refractivity contribution in [3.8, 4) is 0 Å². The first-order chi connectivity index (χ1) is 12.0. The number of aliphatic hydroxyl groups is 2. The van der Waals surface area contributed by atoms with Gasteiger partial charge in [-0.2, -0.15) is 0 Å². The molecule has 1 saturated carbocycles. The lowest BCUT2D eigenvalue weighted by atomic mass is 9.90. The molecule has 2 unspecified atom stereocenters. The molecular weight excluding hydrogens is 320 g/mol. The van der Waals surface area contributed by atoms with Crippen LogP contribution in [-0.4, -0.2) is 39.3 Å². The lowest BCUT2D eigenvalue weighted by Crippen LogP contribution is -2.19. The second-order valence-electron chi connectivity index (χ2n) is 6.87. The van der Waals surface area contributed by atoms with E-state index in [1.54, 1.807) is 12.2 Å². The molecule has 3 N–H and O–H groups in total. The molecule has 0 aromatic heterocycles. The Balaban J connectivity index is 2.48. The number of rotatable bonds is 12.